The van der Waals surface area contributed by atoms with E-state index in [1.54, 1.807) is 0 Å². The lowest BCUT2D eigenvalue weighted by molar-refractivity contribution is -0.123. The summed E-state index contributed by atoms with van der Waals surface area (Å²) in [6.07, 6.45) is 6.45. The third-order valence-corrected chi connectivity index (χ3v) is 4.82. The topological polar surface area (TPSA) is 50.7 Å². The molecule has 0 aromatic heterocycles. The second-order valence-corrected chi connectivity index (χ2v) is 6.46. The Bertz CT molecular complexity index is 810. The Morgan fingerprint density at radius 2 is 1.84 bits per heavy atom. The molecule has 1 saturated carbocycles. The maximum atomic E-state index is 11.9. The average Bonchev–Trinajstić information content (AvgIpc) is 3.02. The number of hydrogen-bond donors (Lipinski definition) is 1. The van der Waals surface area contributed by atoms with Crippen LogP contribution in [0.1, 0.15) is 12.8 Å². The van der Waals surface area contributed by atoms with E-state index in [1.165, 1.54) is 0 Å². The van der Waals surface area contributed by atoms with Gasteiger partial charge < -0.3 is 4.74 Å². The molecule has 0 bridgehead atoms. The molecule has 2 aliphatic rings. The van der Waals surface area contributed by atoms with Crippen LogP contribution in [0.25, 0.3) is 11.1 Å². The van der Waals surface area contributed by atoms with E-state index < -0.39 is 0 Å². The fourth-order valence-corrected chi connectivity index (χ4v) is 3.35. The highest BCUT2D eigenvalue weighted by Gasteiger charge is 2.37. The van der Waals surface area contributed by atoms with E-state index in [4.69, 9.17) is 4.74 Å². The van der Waals surface area contributed by atoms with Gasteiger partial charge in [-0.3, -0.25) is 4.79 Å². The number of benzene rings is 2. The van der Waals surface area contributed by atoms with E-state index in [0.29, 0.717) is 17.6 Å². The maximum Gasteiger partial charge on any atom is 0.277 e. The van der Waals surface area contributed by atoms with Crippen molar-refractivity contribution < 1.29 is 9.53 Å². The van der Waals surface area contributed by atoms with Crippen molar-refractivity contribution in [1.82, 2.24) is 5.43 Å². The number of nitrogens with one attached hydrogen (secondary N) is 1. The standard InChI is InChI=1S/C21H20N2O2/c24-21(23-22-20-13-17-7-4-8-19(17)20)14-25-18-11-9-16(10-12-18)15-5-2-1-3-6-15/h1-7,9-12,17,19H,8,13-14H2,(H,23,24)/b22-20-/t17-,19-/m1/s1. The van der Waals surface area contributed by atoms with Gasteiger partial charge in [-0.1, -0.05) is 54.6 Å². The van der Waals surface area contributed by atoms with E-state index in [1.807, 2.05) is 42.5 Å². The minimum absolute atomic E-state index is 0.0339. The number of carbonyl (C=O) groups excluding carboxylic acids is 1. The molecule has 1 N–H and O–H groups in total. The SMILES string of the molecule is O=C(COc1ccc(-c2ccccc2)cc1)N/N=C1/C[C@H]2C=CC[C@@H]12. The van der Waals surface area contributed by atoms with Gasteiger partial charge in [0.1, 0.15) is 5.75 Å². The smallest absolute Gasteiger partial charge is 0.277 e. The van der Waals surface area contributed by atoms with Gasteiger partial charge in [0, 0.05) is 11.6 Å². The van der Waals surface area contributed by atoms with Crippen LogP contribution in [0.5, 0.6) is 5.75 Å². The van der Waals surface area contributed by atoms with Crippen molar-refractivity contribution >= 4 is 11.6 Å². The summed E-state index contributed by atoms with van der Waals surface area (Å²) in [5.74, 6) is 1.59. The van der Waals surface area contributed by atoms with Gasteiger partial charge in [0.05, 0.1) is 0 Å². The molecule has 0 unspecified atom stereocenters. The summed E-state index contributed by atoms with van der Waals surface area (Å²) in [4.78, 5) is 11.9. The van der Waals surface area contributed by atoms with Crippen LogP contribution in [0, 0.1) is 11.8 Å². The monoisotopic (exact) mass is 332 g/mol. The molecule has 0 spiro atoms. The van der Waals surface area contributed by atoms with Crippen LogP contribution in [0.2, 0.25) is 0 Å². The lowest BCUT2D eigenvalue weighted by Crippen LogP contribution is -2.36. The summed E-state index contributed by atoms with van der Waals surface area (Å²) in [6.45, 7) is -0.0339. The molecular weight excluding hydrogens is 312 g/mol. The van der Waals surface area contributed by atoms with Crippen LogP contribution in [0.15, 0.2) is 71.9 Å². The Hall–Kier alpha value is -2.88. The molecule has 4 nitrogen and oxygen atoms in total. The van der Waals surface area contributed by atoms with Gasteiger partial charge in [0.2, 0.25) is 0 Å². The Balaban J connectivity index is 1.27. The Kier molecular flexibility index (Phi) is 4.34. The number of fused-ring (bicyclic) bond motifs is 1. The van der Waals surface area contributed by atoms with Gasteiger partial charge in [0.25, 0.3) is 5.91 Å². The minimum Gasteiger partial charge on any atom is -0.484 e. The predicted molar refractivity (Wildman–Crippen MR) is 98.3 cm³/mol. The van der Waals surface area contributed by atoms with Crippen LogP contribution in [-0.2, 0) is 4.79 Å². The molecular formula is C21H20N2O2. The highest BCUT2D eigenvalue weighted by Crippen LogP contribution is 2.40. The number of hydrazone groups is 1. The van der Waals surface area contributed by atoms with Crippen molar-refractivity contribution in [3.63, 3.8) is 0 Å². The molecule has 0 radical (unpaired) electrons. The Morgan fingerprint density at radius 3 is 2.60 bits per heavy atom. The highest BCUT2D eigenvalue weighted by atomic mass is 16.5. The molecule has 2 aliphatic carbocycles. The van der Waals surface area contributed by atoms with Crippen molar-refractivity contribution in [1.29, 1.82) is 0 Å². The fraction of sp³-hybridized carbons (Fsp3) is 0.238. The first-order chi connectivity index (χ1) is 12.3. The largest absolute Gasteiger partial charge is 0.484 e. The molecule has 1 fully saturated rings. The van der Waals surface area contributed by atoms with E-state index in [-0.39, 0.29) is 12.5 Å². The van der Waals surface area contributed by atoms with E-state index >= 15 is 0 Å². The molecule has 25 heavy (non-hydrogen) atoms. The Morgan fingerprint density at radius 1 is 1.08 bits per heavy atom. The zero-order valence-corrected chi connectivity index (χ0v) is 13.9. The van der Waals surface area contributed by atoms with Gasteiger partial charge in [0.15, 0.2) is 6.61 Å². The van der Waals surface area contributed by atoms with Crippen LogP contribution in [0.3, 0.4) is 0 Å². The first-order valence-corrected chi connectivity index (χ1v) is 8.60. The van der Waals surface area contributed by atoms with Crippen LogP contribution in [-0.4, -0.2) is 18.2 Å². The van der Waals surface area contributed by atoms with Gasteiger partial charge in [-0.05, 0) is 42.0 Å². The zero-order valence-electron chi connectivity index (χ0n) is 13.9. The minimum atomic E-state index is -0.228. The van der Waals surface area contributed by atoms with Crippen molar-refractivity contribution in [3.05, 3.63) is 66.7 Å². The fourth-order valence-electron chi connectivity index (χ4n) is 3.35. The molecule has 2 atom stereocenters. The number of ether oxygens (including phenoxy) is 1. The normalized spacial score (nSPS) is 22.3. The second-order valence-electron chi connectivity index (χ2n) is 6.46. The molecule has 126 valence electrons. The number of amides is 1. The van der Waals surface area contributed by atoms with Gasteiger partial charge in [-0.25, -0.2) is 5.43 Å². The summed E-state index contributed by atoms with van der Waals surface area (Å²) in [6, 6.07) is 17.9. The highest BCUT2D eigenvalue weighted by molar-refractivity contribution is 5.94. The third kappa shape index (κ3) is 3.48. The number of allylic oxidation sites excluding steroid dienone is 2. The van der Waals surface area contributed by atoms with Crippen LogP contribution >= 0.6 is 0 Å². The predicted octanol–water partition coefficient (Wildman–Crippen LogP) is 3.80. The summed E-state index contributed by atoms with van der Waals surface area (Å²) < 4.78 is 5.54. The molecule has 2 aromatic carbocycles. The summed E-state index contributed by atoms with van der Waals surface area (Å²) in [5.41, 5.74) is 5.97. The van der Waals surface area contributed by atoms with Crippen molar-refractivity contribution in [3.8, 4) is 16.9 Å². The number of carbonyl (C=O) groups is 1. The molecule has 0 aliphatic heterocycles. The van der Waals surface area contributed by atoms with E-state index in [0.717, 1.165) is 29.7 Å². The lowest BCUT2D eigenvalue weighted by atomic mass is 9.74. The zero-order chi connectivity index (χ0) is 17.1. The molecule has 0 saturated heterocycles. The first-order valence-electron chi connectivity index (χ1n) is 8.60. The summed E-state index contributed by atoms with van der Waals surface area (Å²) in [5, 5.41) is 4.24. The third-order valence-electron chi connectivity index (χ3n) is 4.82. The van der Waals surface area contributed by atoms with Crippen molar-refractivity contribution in [2.75, 3.05) is 6.61 Å². The quantitative estimate of drug-likeness (QED) is 0.669. The van der Waals surface area contributed by atoms with Crippen LogP contribution < -0.4 is 10.2 Å². The van der Waals surface area contributed by atoms with Gasteiger partial charge >= 0.3 is 0 Å². The first kappa shape index (κ1) is 15.6. The molecule has 4 heteroatoms. The second kappa shape index (κ2) is 6.93. The summed E-state index contributed by atoms with van der Waals surface area (Å²) in [7, 11) is 0. The molecule has 4 rings (SSSR count). The molecule has 1 amide bonds. The Labute approximate surface area is 147 Å². The average molecular weight is 332 g/mol. The van der Waals surface area contributed by atoms with Crippen LogP contribution in [0.4, 0.5) is 0 Å². The van der Waals surface area contributed by atoms with E-state index in [2.05, 4.69) is 34.8 Å². The molecule has 2 aromatic rings. The lowest BCUT2D eigenvalue weighted by Gasteiger charge is -2.31. The van der Waals surface area contributed by atoms with Gasteiger partial charge in [-0.2, -0.15) is 5.10 Å². The van der Waals surface area contributed by atoms with Gasteiger partial charge in [-0.15, -0.1) is 0 Å². The van der Waals surface area contributed by atoms with Crippen molar-refractivity contribution in [2.45, 2.75) is 12.8 Å². The summed E-state index contributed by atoms with van der Waals surface area (Å²) >= 11 is 0. The number of nitrogens with zero attached hydrogens (tertiary/aromatic N) is 1. The van der Waals surface area contributed by atoms with Crippen molar-refractivity contribution in [2.24, 2.45) is 16.9 Å². The number of hydrogen-bond acceptors (Lipinski definition) is 3. The van der Waals surface area contributed by atoms with E-state index in [9.17, 15) is 4.79 Å². The molecule has 0 heterocycles. The maximum absolute atomic E-state index is 11.9. The number of rotatable bonds is 5.